The molecule has 0 aliphatic heterocycles. The summed E-state index contributed by atoms with van der Waals surface area (Å²) in [5.74, 6) is 2.12. The fraction of sp³-hybridized carbons (Fsp3) is 0.250. The van der Waals surface area contributed by atoms with Crippen molar-refractivity contribution in [2.24, 2.45) is 0 Å². The van der Waals surface area contributed by atoms with Gasteiger partial charge in [-0.15, -0.1) is 11.6 Å². The Bertz CT molecular complexity index is 766. The van der Waals surface area contributed by atoms with Crippen LogP contribution in [0.1, 0.15) is 11.1 Å². The third-order valence-electron chi connectivity index (χ3n) is 3.70. The second-order valence-electron chi connectivity index (χ2n) is 5.48. The van der Waals surface area contributed by atoms with Crippen LogP contribution in [0.4, 0.5) is 10.5 Å². The van der Waals surface area contributed by atoms with E-state index >= 15 is 0 Å². The van der Waals surface area contributed by atoms with Gasteiger partial charge in [-0.2, -0.15) is 0 Å². The van der Waals surface area contributed by atoms with Crippen LogP contribution in [0.25, 0.3) is 12.2 Å². The van der Waals surface area contributed by atoms with Crippen LogP contribution in [0.3, 0.4) is 0 Å². The maximum atomic E-state index is 11.6. The summed E-state index contributed by atoms with van der Waals surface area (Å²) in [4.78, 5) is 11.6. The minimum Gasteiger partial charge on any atom is -0.493 e. The van der Waals surface area contributed by atoms with Crippen molar-refractivity contribution in [3.05, 3.63) is 47.5 Å². The Morgan fingerprint density at radius 1 is 0.963 bits per heavy atom. The number of alkyl halides is 1. The van der Waals surface area contributed by atoms with E-state index < -0.39 is 0 Å². The molecule has 6 nitrogen and oxygen atoms in total. The number of anilines is 1. The van der Waals surface area contributed by atoms with Crippen LogP contribution in [-0.2, 0) is 0 Å². The van der Waals surface area contributed by atoms with E-state index in [4.69, 9.17) is 25.8 Å². The summed E-state index contributed by atoms with van der Waals surface area (Å²) < 4.78 is 16.0. The monoisotopic (exact) mass is 390 g/mol. The van der Waals surface area contributed by atoms with Gasteiger partial charge in [-0.3, -0.25) is 0 Å². The van der Waals surface area contributed by atoms with Crippen LogP contribution in [0.15, 0.2) is 36.4 Å². The molecule has 27 heavy (non-hydrogen) atoms. The van der Waals surface area contributed by atoms with Crippen LogP contribution in [-0.4, -0.2) is 39.8 Å². The van der Waals surface area contributed by atoms with Gasteiger partial charge in [0.15, 0.2) is 11.5 Å². The van der Waals surface area contributed by atoms with E-state index in [0.29, 0.717) is 35.4 Å². The van der Waals surface area contributed by atoms with Crippen LogP contribution in [0.2, 0.25) is 0 Å². The van der Waals surface area contributed by atoms with Gasteiger partial charge in [0.2, 0.25) is 5.75 Å². The largest absolute Gasteiger partial charge is 0.493 e. The number of methoxy groups -OCH3 is 3. The molecule has 0 aliphatic carbocycles. The zero-order chi connectivity index (χ0) is 19.6. The van der Waals surface area contributed by atoms with Gasteiger partial charge in [0.1, 0.15) is 0 Å². The molecule has 0 fully saturated rings. The van der Waals surface area contributed by atoms with E-state index in [-0.39, 0.29) is 6.03 Å². The van der Waals surface area contributed by atoms with E-state index in [1.165, 1.54) is 0 Å². The van der Waals surface area contributed by atoms with Gasteiger partial charge in [-0.05, 0) is 35.4 Å². The molecule has 2 rings (SSSR count). The molecule has 0 spiro atoms. The van der Waals surface area contributed by atoms with Crippen molar-refractivity contribution in [2.75, 3.05) is 39.1 Å². The van der Waals surface area contributed by atoms with E-state index in [2.05, 4.69) is 10.6 Å². The van der Waals surface area contributed by atoms with Gasteiger partial charge in [0, 0.05) is 18.1 Å². The fourth-order valence-corrected chi connectivity index (χ4v) is 2.50. The van der Waals surface area contributed by atoms with Crippen molar-refractivity contribution in [1.82, 2.24) is 5.32 Å². The summed E-state index contributed by atoms with van der Waals surface area (Å²) >= 11 is 5.54. The number of ether oxygens (including phenoxy) is 3. The fourth-order valence-electron chi connectivity index (χ4n) is 2.40. The highest BCUT2D eigenvalue weighted by atomic mass is 35.5. The smallest absolute Gasteiger partial charge is 0.319 e. The lowest BCUT2D eigenvalue weighted by atomic mass is 10.1. The molecule has 0 bridgehead atoms. The molecule has 0 saturated carbocycles. The number of halogens is 1. The molecule has 0 unspecified atom stereocenters. The Balaban J connectivity index is 2.10. The average molecular weight is 391 g/mol. The van der Waals surface area contributed by atoms with Crippen molar-refractivity contribution in [3.63, 3.8) is 0 Å². The van der Waals surface area contributed by atoms with Gasteiger partial charge >= 0.3 is 6.03 Å². The van der Waals surface area contributed by atoms with Gasteiger partial charge in [0.25, 0.3) is 0 Å². The van der Waals surface area contributed by atoms with Crippen molar-refractivity contribution >= 4 is 35.5 Å². The van der Waals surface area contributed by atoms with Crippen molar-refractivity contribution < 1.29 is 19.0 Å². The minimum absolute atomic E-state index is 0.281. The molecule has 2 aromatic carbocycles. The van der Waals surface area contributed by atoms with Crippen LogP contribution in [0.5, 0.6) is 17.2 Å². The topological polar surface area (TPSA) is 68.8 Å². The maximum absolute atomic E-state index is 11.6. The molecule has 0 radical (unpaired) electrons. The first-order valence-electron chi connectivity index (χ1n) is 8.30. The summed E-state index contributed by atoms with van der Waals surface area (Å²) in [5, 5.41) is 5.38. The van der Waals surface area contributed by atoms with Crippen molar-refractivity contribution in [1.29, 1.82) is 0 Å². The Hall–Kier alpha value is -2.86. The molecule has 7 heteroatoms. The molecule has 2 N–H and O–H groups in total. The maximum Gasteiger partial charge on any atom is 0.319 e. The molecule has 0 saturated heterocycles. The molecule has 2 amide bonds. The van der Waals surface area contributed by atoms with Gasteiger partial charge in [0.05, 0.1) is 21.3 Å². The second kappa shape index (κ2) is 10.3. The molecule has 2 aromatic rings. The van der Waals surface area contributed by atoms with Gasteiger partial charge < -0.3 is 24.8 Å². The quantitative estimate of drug-likeness (QED) is 0.522. The molecule has 0 aromatic heterocycles. The van der Waals surface area contributed by atoms with Crippen LogP contribution >= 0.6 is 11.6 Å². The minimum atomic E-state index is -0.281. The van der Waals surface area contributed by atoms with Crippen LogP contribution < -0.4 is 24.8 Å². The SMILES string of the molecule is COc1cc(/C=C/c2ccc(NC(=O)NCCCl)cc2)cc(OC)c1OC. The number of carbonyl (C=O) groups is 1. The summed E-state index contributed by atoms with van der Waals surface area (Å²) in [5.41, 5.74) is 2.59. The summed E-state index contributed by atoms with van der Waals surface area (Å²) in [6.45, 7) is 0.420. The normalized spacial score (nSPS) is 10.5. The highest BCUT2D eigenvalue weighted by Gasteiger charge is 2.11. The third kappa shape index (κ3) is 5.82. The zero-order valence-corrected chi connectivity index (χ0v) is 16.3. The highest BCUT2D eigenvalue weighted by molar-refractivity contribution is 6.18. The van der Waals surface area contributed by atoms with Gasteiger partial charge in [-0.25, -0.2) is 4.79 Å². The Labute approximate surface area is 164 Å². The van der Waals surface area contributed by atoms with Crippen LogP contribution in [0, 0.1) is 0 Å². The molecule has 0 heterocycles. The highest BCUT2D eigenvalue weighted by Crippen LogP contribution is 2.38. The standard InChI is InChI=1S/C20H23ClN2O4/c1-25-17-12-15(13-18(26-2)19(17)27-3)5-4-14-6-8-16(9-7-14)23-20(24)22-11-10-21/h4-9,12-13H,10-11H2,1-3H3,(H2,22,23,24)/b5-4+. The lowest BCUT2D eigenvalue weighted by molar-refractivity contribution is 0.252. The van der Waals surface area contributed by atoms with E-state index in [1.807, 2.05) is 48.6 Å². The summed E-state index contributed by atoms with van der Waals surface area (Å²) in [6.07, 6.45) is 3.90. The molecular weight excluding hydrogens is 368 g/mol. The Morgan fingerprint density at radius 2 is 1.56 bits per heavy atom. The number of hydrogen-bond donors (Lipinski definition) is 2. The number of urea groups is 1. The number of benzene rings is 2. The first kappa shape index (κ1) is 20.5. The first-order valence-corrected chi connectivity index (χ1v) is 8.83. The molecule has 0 atom stereocenters. The van der Waals surface area contributed by atoms with Gasteiger partial charge in [-0.1, -0.05) is 24.3 Å². The Morgan fingerprint density at radius 3 is 2.07 bits per heavy atom. The average Bonchev–Trinajstić information content (AvgIpc) is 2.70. The van der Waals surface area contributed by atoms with E-state index in [1.54, 1.807) is 21.3 Å². The lowest BCUT2D eigenvalue weighted by Gasteiger charge is -2.12. The molecule has 144 valence electrons. The number of hydrogen-bond acceptors (Lipinski definition) is 4. The van der Waals surface area contributed by atoms with Crippen molar-refractivity contribution in [2.45, 2.75) is 0 Å². The van der Waals surface area contributed by atoms with E-state index in [9.17, 15) is 4.79 Å². The summed E-state index contributed by atoms with van der Waals surface area (Å²) in [6, 6.07) is 10.9. The number of carbonyl (C=O) groups excluding carboxylic acids is 1. The number of rotatable bonds is 8. The number of amides is 2. The predicted molar refractivity (Wildman–Crippen MR) is 109 cm³/mol. The van der Waals surface area contributed by atoms with Crippen molar-refractivity contribution in [3.8, 4) is 17.2 Å². The number of nitrogens with one attached hydrogen (secondary N) is 2. The first-order chi connectivity index (χ1) is 13.1. The summed E-state index contributed by atoms with van der Waals surface area (Å²) in [7, 11) is 4.74. The Kier molecular flexibility index (Phi) is 7.82. The predicted octanol–water partition coefficient (Wildman–Crippen LogP) is 4.24. The molecular formula is C20H23ClN2O4. The molecule has 0 aliphatic rings. The lowest BCUT2D eigenvalue weighted by Crippen LogP contribution is -2.30. The van der Waals surface area contributed by atoms with E-state index in [0.717, 1.165) is 11.1 Å². The zero-order valence-electron chi connectivity index (χ0n) is 15.5. The second-order valence-corrected chi connectivity index (χ2v) is 5.86. The third-order valence-corrected chi connectivity index (χ3v) is 3.89.